The van der Waals surface area contributed by atoms with Crippen LogP contribution in [0.1, 0.15) is 13.8 Å². The summed E-state index contributed by atoms with van der Waals surface area (Å²) in [6.07, 6.45) is 1.48. The van der Waals surface area contributed by atoms with Crippen molar-refractivity contribution in [3.63, 3.8) is 0 Å². The number of thiazole rings is 1. The first-order valence-corrected chi connectivity index (χ1v) is 7.44. The third kappa shape index (κ3) is 2.87. The summed E-state index contributed by atoms with van der Waals surface area (Å²) >= 11 is 1.56. The number of aromatic nitrogens is 3. The van der Waals surface area contributed by atoms with Crippen LogP contribution in [0.15, 0.2) is 30.6 Å². The molecule has 0 atom stereocenters. The van der Waals surface area contributed by atoms with Gasteiger partial charge in [0.1, 0.15) is 12.0 Å². The molecule has 0 bridgehead atoms. The van der Waals surface area contributed by atoms with E-state index in [0.29, 0.717) is 17.3 Å². The van der Waals surface area contributed by atoms with Gasteiger partial charge in [-0.05, 0) is 26.0 Å². The van der Waals surface area contributed by atoms with Crippen LogP contribution in [0.3, 0.4) is 0 Å². The van der Waals surface area contributed by atoms with Gasteiger partial charge < -0.3 is 16.4 Å². The van der Waals surface area contributed by atoms with Crippen molar-refractivity contribution in [2.45, 2.75) is 19.9 Å². The summed E-state index contributed by atoms with van der Waals surface area (Å²) in [7, 11) is 0. The Balaban J connectivity index is 1.90. The molecule has 0 amide bonds. The molecule has 7 heteroatoms. The predicted molar refractivity (Wildman–Crippen MR) is 88.1 cm³/mol. The number of nitrogens with zero attached hydrogens (tertiary/aromatic N) is 3. The summed E-state index contributed by atoms with van der Waals surface area (Å²) in [6.45, 7) is 4.06. The van der Waals surface area contributed by atoms with E-state index >= 15 is 0 Å². The van der Waals surface area contributed by atoms with Gasteiger partial charge in [0.25, 0.3) is 0 Å². The van der Waals surface area contributed by atoms with E-state index in [2.05, 4.69) is 25.6 Å². The number of hydrogen-bond donors (Lipinski definition) is 3. The monoisotopic (exact) mass is 300 g/mol. The zero-order valence-electron chi connectivity index (χ0n) is 11.8. The largest absolute Gasteiger partial charge is 0.393 e. The van der Waals surface area contributed by atoms with Crippen LogP contribution in [-0.4, -0.2) is 21.0 Å². The maximum Gasteiger partial charge on any atom is 0.189 e. The molecule has 0 unspecified atom stereocenters. The van der Waals surface area contributed by atoms with Crippen molar-refractivity contribution in [2.24, 2.45) is 0 Å². The van der Waals surface area contributed by atoms with Crippen LogP contribution >= 0.6 is 11.3 Å². The summed E-state index contributed by atoms with van der Waals surface area (Å²) in [5, 5.41) is 7.12. The Labute approximate surface area is 126 Å². The average molecular weight is 300 g/mol. The normalized spacial score (nSPS) is 11.0. The maximum atomic E-state index is 6.10. The van der Waals surface area contributed by atoms with Crippen LogP contribution in [0.25, 0.3) is 10.2 Å². The molecule has 0 saturated heterocycles. The molecule has 0 fully saturated rings. The van der Waals surface area contributed by atoms with Crippen molar-refractivity contribution in [1.82, 2.24) is 15.0 Å². The molecule has 6 nitrogen and oxygen atoms in total. The zero-order valence-corrected chi connectivity index (χ0v) is 12.6. The summed E-state index contributed by atoms with van der Waals surface area (Å²) in [5.41, 5.74) is 7.55. The van der Waals surface area contributed by atoms with Crippen molar-refractivity contribution >= 4 is 44.0 Å². The number of benzene rings is 1. The molecular formula is C14H16N6S. The molecule has 2 heterocycles. The number of nitrogens with two attached hydrogens (primary N) is 1. The highest BCUT2D eigenvalue weighted by Crippen LogP contribution is 2.30. The summed E-state index contributed by atoms with van der Waals surface area (Å²) in [5.74, 6) is 1.19. The number of hydrogen-bond acceptors (Lipinski definition) is 7. The first-order valence-electron chi connectivity index (χ1n) is 6.63. The van der Waals surface area contributed by atoms with Gasteiger partial charge in [-0.1, -0.05) is 23.5 Å². The third-order valence-corrected chi connectivity index (χ3v) is 3.78. The lowest BCUT2D eigenvalue weighted by Gasteiger charge is -2.13. The molecule has 3 aromatic rings. The fraction of sp³-hybridized carbons (Fsp3) is 0.214. The third-order valence-electron chi connectivity index (χ3n) is 2.83. The number of para-hydroxylation sites is 1. The van der Waals surface area contributed by atoms with E-state index in [1.165, 1.54) is 6.33 Å². The Morgan fingerprint density at radius 1 is 1.14 bits per heavy atom. The number of rotatable bonds is 4. The Kier molecular flexibility index (Phi) is 3.57. The summed E-state index contributed by atoms with van der Waals surface area (Å²) in [4.78, 5) is 12.9. The van der Waals surface area contributed by atoms with E-state index in [-0.39, 0.29) is 6.04 Å². The van der Waals surface area contributed by atoms with Crippen molar-refractivity contribution in [2.75, 3.05) is 16.4 Å². The lowest BCUT2D eigenvalue weighted by molar-refractivity contribution is 0.887. The lowest BCUT2D eigenvalue weighted by atomic mass is 10.3. The van der Waals surface area contributed by atoms with E-state index in [1.54, 1.807) is 11.3 Å². The van der Waals surface area contributed by atoms with Gasteiger partial charge in [-0.2, -0.15) is 0 Å². The fourth-order valence-corrected chi connectivity index (χ4v) is 2.78. The van der Waals surface area contributed by atoms with E-state index in [4.69, 9.17) is 5.73 Å². The van der Waals surface area contributed by atoms with Crippen molar-refractivity contribution in [3.05, 3.63) is 30.6 Å². The second-order valence-electron chi connectivity index (χ2n) is 4.90. The molecule has 3 rings (SSSR count). The van der Waals surface area contributed by atoms with Crippen molar-refractivity contribution in [1.29, 1.82) is 0 Å². The quantitative estimate of drug-likeness (QED) is 0.685. The molecule has 108 valence electrons. The predicted octanol–water partition coefficient (Wildman–Crippen LogP) is 3.23. The molecular weight excluding hydrogens is 284 g/mol. The fourth-order valence-electron chi connectivity index (χ4n) is 1.91. The van der Waals surface area contributed by atoms with Gasteiger partial charge in [0, 0.05) is 6.04 Å². The smallest absolute Gasteiger partial charge is 0.189 e. The van der Waals surface area contributed by atoms with Gasteiger partial charge in [0.15, 0.2) is 16.8 Å². The topological polar surface area (TPSA) is 88.8 Å². The minimum Gasteiger partial charge on any atom is -0.393 e. The van der Waals surface area contributed by atoms with E-state index in [1.807, 2.05) is 38.1 Å². The Bertz CT molecular complexity index is 734. The molecule has 21 heavy (non-hydrogen) atoms. The lowest BCUT2D eigenvalue weighted by Crippen LogP contribution is -2.14. The second-order valence-corrected chi connectivity index (χ2v) is 5.93. The molecule has 0 saturated carbocycles. The van der Waals surface area contributed by atoms with Crippen LogP contribution in [0, 0.1) is 0 Å². The average Bonchev–Trinajstić information content (AvgIpc) is 2.85. The number of nitrogens with one attached hydrogen (secondary N) is 2. The number of nitrogen functional groups attached to an aromatic ring is 1. The summed E-state index contributed by atoms with van der Waals surface area (Å²) in [6, 6.07) is 8.22. The highest BCUT2D eigenvalue weighted by molar-refractivity contribution is 7.22. The van der Waals surface area contributed by atoms with Crippen LogP contribution in [0.4, 0.5) is 22.5 Å². The van der Waals surface area contributed by atoms with Crippen LogP contribution in [0.5, 0.6) is 0 Å². The van der Waals surface area contributed by atoms with Gasteiger partial charge in [0.2, 0.25) is 0 Å². The second kappa shape index (κ2) is 5.53. The van der Waals surface area contributed by atoms with E-state index in [0.717, 1.165) is 15.3 Å². The molecule has 0 aliphatic rings. The zero-order chi connectivity index (χ0) is 14.8. The number of fused-ring (bicyclic) bond motifs is 1. The Hall–Kier alpha value is -2.41. The SMILES string of the molecule is CC(C)Nc1ncnc(Nc2nc3ccccc3s2)c1N. The van der Waals surface area contributed by atoms with Crippen LogP contribution < -0.4 is 16.4 Å². The van der Waals surface area contributed by atoms with Gasteiger partial charge in [0.05, 0.1) is 10.2 Å². The van der Waals surface area contributed by atoms with Crippen molar-refractivity contribution in [3.8, 4) is 0 Å². The molecule has 0 aliphatic heterocycles. The molecule has 2 aromatic heterocycles. The highest BCUT2D eigenvalue weighted by atomic mass is 32.1. The van der Waals surface area contributed by atoms with Gasteiger partial charge in [-0.3, -0.25) is 0 Å². The van der Waals surface area contributed by atoms with Gasteiger partial charge in [-0.15, -0.1) is 0 Å². The van der Waals surface area contributed by atoms with E-state index in [9.17, 15) is 0 Å². The van der Waals surface area contributed by atoms with Gasteiger partial charge >= 0.3 is 0 Å². The maximum absolute atomic E-state index is 6.10. The molecule has 0 aliphatic carbocycles. The van der Waals surface area contributed by atoms with Crippen LogP contribution in [-0.2, 0) is 0 Å². The molecule has 4 N–H and O–H groups in total. The minimum atomic E-state index is 0.248. The van der Waals surface area contributed by atoms with Crippen molar-refractivity contribution < 1.29 is 0 Å². The highest BCUT2D eigenvalue weighted by Gasteiger charge is 2.11. The first-order chi connectivity index (χ1) is 10.1. The Morgan fingerprint density at radius 3 is 2.67 bits per heavy atom. The minimum absolute atomic E-state index is 0.248. The Morgan fingerprint density at radius 2 is 1.90 bits per heavy atom. The van der Waals surface area contributed by atoms with Crippen LogP contribution in [0.2, 0.25) is 0 Å². The standard InChI is InChI=1S/C14H16N6S/c1-8(2)18-12-11(15)13(17-7-16-12)20-14-19-9-5-3-4-6-10(9)21-14/h3-8H,15H2,1-2H3,(H2,16,17,18,19,20). The summed E-state index contributed by atoms with van der Waals surface area (Å²) < 4.78 is 1.12. The molecule has 0 radical (unpaired) electrons. The first kappa shape index (κ1) is 13.6. The van der Waals surface area contributed by atoms with Gasteiger partial charge in [-0.25, -0.2) is 15.0 Å². The molecule has 0 spiro atoms. The van der Waals surface area contributed by atoms with E-state index < -0.39 is 0 Å². The number of anilines is 4. The molecule has 1 aromatic carbocycles.